The van der Waals surface area contributed by atoms with E-state index in [0.29, 0.717) is 10.6 Å². The highest BCUT2D eigenvalue weighted by Crippen LogP contribution is 2.27. The van der Waals surface area contributed by atoms with Crippen molar-refractivity contribution in [3.63, 3.8) is 0 Å². The van der Waals surface area contributed by atoms with Crippen LogP contribution in [0.25, 0.3) is 0 Å². The van der Waals surface area contributed by atoms with Gasteiger partial charge in [0.1, 0.15) is 11.1 Å². The average molecular weight is 339 g/mol. The van der Waals surface area contributed by atoms with Crippen molar-refractivity contribution >= 4 is 23.4 Å². The molecule has 2 aromatic rings. The number of anilines is 1. The average Bonchev–Trinajstić information content (AvgIpc) is 2.54. The quantitative estimate of drug-likeness (QED) is 0.814. The fourth-order valence-electron chi connectivity index (χ4n) is 2.14. The third-order valence-electron chi connectivity index (χ3n) is 3.54. The summed E-state index contributed by atoms with van der Waals surface area (Å²) >= 11 is 1.31. The molecule has 0 fully saturated rings. The normalized spacial score (nSPS) is 11.8. The van der Waals surface area contributed by atoms with E-state index in [2.05, 4.69) is 30.2 Å². The second kappa shape index (κ2) is 7.98. The van der Waals surface area contributed by atoms with Gasteiger partial charge in [0.2, 0.25) is 5.91 Å². The largest absolute Gasteiger partial charge is 0.325 e. The number of nitrogens with one attached hydrogen (secondary N) is 1. The lowest BCUT2D eigenvalue weighted by molar-refractivity contribution is -0.115. The van der Waals surface area contributed by atoms with E-state index in [1.54, 1.807) is 6.07 Å². The Hall–Kier alpha value is -2.32. The van der Waals surface area contributed by atoms with Crippen molar-refractivity contribution in [2.45, 2.75) is 43.9 Å². The Balaban J connectivity index is 2.13. The summed E-state index contributed by atoms with van der Waals surface area (Å²) in [6.45, 7) is 7.91. The van der Waals surface area contributed by atoms with E-state index in [9.17, 15) is 10.1 Å². The van der Waals surface area contributed by atoms with Crippen LogP contribution in [0.15, 0.2) is 41.4 Å². The summed E-state index contributed by atoms with van der Waals surface area (Å²) in [5, 5.41) is 12.4. The summed E-state index contributed by atoms with van der Waals surface area (Å²) in [5.74, 6) is 0.166. The van der Waals surface area contributed by atoms with Gasteiger partial charge >= 0.3 is 0 Å². The number of carbonyl (C=O) groups is 1. The first kappa shape index (κ1) is 18.0. The molecule has 1 atom stereocenters. The summed E-state index contributed by atoms with van der Waals surface area (Å²) < 4.78 is 0. The van der Waals surface area contributed by atoms with Crippen LogP contribution < -0.4 is 5.32 Å². The molecule has 0 aliphatic heterocycles. The zero-order valence-electron chi connectivity index (χ0n) is 14.3. The van der Waals surface area contributed by atoms with Gasteiger partial charge in [0.05, 0.1) is 10.8 Å². The molecule has 1 N–H and O–H groups in total. The SMILES string of the molecule is Cc1cccc(NC(=O)C(C)Sc2nc(C(C)C)ccc2C#N)c1. The lowest BCUT2D eigenvalue weighted by Crippen LogP contribution is -2.22. The molecule has 0 radical (unpaired) electrons. The van der Waals surface area contributed by atoms with E-state index >= 15 is 0 Å². The van der Waals surface area contributed by atoms with Gasteiger partial charge in [0.25, 0.3) is 0 Å². The van der Waals surface area contributed by atoms with Crippen molar-refractivity contribution in [1.82, 2.24) is 4.98 Å². The lowest BCUT2D eigenvalue weighted by atomic mass is 10.1. The van der Waals surface area contributed by atoms with Crippen molar-refractivity contribution in [2.24, 2.45) is 0 Å². The van der Waals surface area contributed by atoms with Crippen LogP contribution in [0, 0.1) is 18.3 Å². The molecule has 0 aliphatic rings. The smallest absolute Gasteiger partial charge is 0.237 e. The minimum absolute atomic E-state index is 0.105. The number of hydrogen-bond donors (Lipinski definition) is 1. The monoisotopic (exact) mass is 339 g/mol. The van der Waals surface area contributed by atoms with Gasteiger partial charge in [-0.3, -0.25) is 4.79 Å². The summed E-state index contributed by atoms with van der Waals surface area (Å²) in [6, 6.07) is 13.5. The Morgan fingerprint density at radius 3 is 2.62 bits per heavy atom. The molecule has 4 nitrogen and oxygen atoms in total. The van der Waals surface area contributed by atoms with Gasteiger partial charge in [0, 0.05) is 11.4 Å². The van der Waals surface area contributed by atoms with Gasteiger partial charge in [-0.2, -0.15) is 5.26 Å². The molecule has 124 valence electrons. The Morgan fingerprint density at radius 2 is 2.00 bits per heavy atom. The number of amides is 1. The molecule has 5 heteroatoms. The molecule has 1 aromatic heterocycles. The molecule has 1 heterocycles. The number of rotatable bonds is 5. The summed E-state index contributed by atoms with van der Waals surface area (Å²) in [7, 11) is 0. The van der Waals surface area contributed by atoms with Crippen LogP contribution in [0.4, 0.5) is 5.69 Å². The van der Waals surface area contributed by atoms with Gasteiger partial charge in [0.15, 0.2) is 0 Å². The van der Waals surface area contributed by atoms with Gasteiger partial charge in [-0.15, -0.1) is 0 Å². The van der Waals surface area contributed by atoms with E-state index < -0.39 is 0 Å². The molecule has 0 bridgehead atoms. The van der Waals surface area contributed by atoms with Crippen molar-refractivity contribution in [3.05, 3.63) is 53.2 Å². The fourth-order valence-corrected chi connectivity index (χ4v) is 3.04. The number of hydrogen-bond acceptors (Lipinski definition) is 4. The number of nitriles is 1. The highest BCUT2D eigenvalue weighted by molar-refractivity contribution is 8.00. The van der Waals surface area contributed by atoms with Crippen LogP contribution in [0.1, 0.15) is 43.5 Å². The zero-order chi connectivity index (χ0) is 17.7. The standard InChI is InChI=1S/C19H21N3OS/c1-12(2)17-9-8-15(11-20)19(22-17)24-14(4)18(23)21-16-7-5-6-13(3)10-16/h5-10,12,14H,1-4H3,(H,21,23). The number of benzene rings is 1. The Bertz CT molecular complexity index is 780. The van der Waals surface area contributed by atoms with Gasteiger partial charge in [-0.05, 0) is 49.6 Å². The Kier molecular flexibility index (Phi) is 5.99. The minimum Gasteiger partial charge on any atom is -0.325 e. The number of pyridine rings is 1. The maximum atomic E-state index is 12.4. The van der Waals surface area contributed by atoms with Gasteiger partial charge in [-0.1, -0.05) is 37.7 Å². The minimum atomic E-state index is -0.354. The van der Waals surface area contributed by atoms with E-state index in [1.165, 1.54) is 11.8 Å². The summed E-state index contributed by atoms with van der Waals surface area (Å²) in [4.78, 5) is 17.0. The van der Waals surface area contributed by atoms with Crippen LogP contribution in [0.3, 0.4) is 0 Å². The molecule has 1 unspecified atom stereocenters. The maximum Gasteiger partial charge on any atom is 0.237 e. The van der Waals surface area contributed by atoms with Crippen LogP contribution in [-0.4, -0.2) is 16.1 Å². The first-order valence-electron chi connectivity index (χ1n) is 7.86. The molecule has 2 rings (SSSR count). The van der Waals surface area contributed by atoms with Crippen molar-refractivity contribution in [1.29, 1.82) is 5.26 Å². The molecule has 0 saturated carbocycles. The fraction of sp³-hybridized carbons (Fsp3) is 0.316. The molecule has 0 aliphatic carbocycles. The Morgan fingerprint density at radius 1 is 1.25 bits per heavy atom. The molecular weight excluding hydrogens is 318 g/mol. The summed E-state index contributed by atoms with van der Waals surface area (Å²) in [6.07, 6.45) is 0. The third-order valence-corrected chi connectivity index (χ3v) is 4.64. The molecular formula is C19H21N3OS. The number of thioether (sulfide) groups is 1. The van der Waals surface area contributed by atoms with E-state index in [4.69, 9.17) is 0 Å². The van der Waals surface area contributed by atoms with Crippen LogP contribution in [0.2, 0.25) is 0 Å². The third kappa shape index (κ3) is 4.59. The molecule has 0 saturated heterocycles. The van der Waals surface area contributed by atoms with Crippen molar-refractivity contribution in [2.75, 3.05) is 5.32 Å². The number of nitrogens with zero attached hydrogens (tertiary/aromatic N) is 2. The second-order valence-electron chi connectivity index (χ2n) is 5.97. The topological polar surface area (TPSA) is 65.8 Å². The number of carbonyl (C=O) groups excluding carboxylic acids is 1. The summed E-state index contributed by atoms with van der Waals surface area (Å²) in [5.41, 5.74) is 3.28. The van der Waals surface area contributed by atoms with E-state index in [0.717, 1.165) is 16.9 Å². The predicted molar refractivity (Wildman–Crippen MR) is 98.2 cm³/mol. The van der Waals surface area contributed by atoms with Gasteiger partial charge in [-0.25, -0.2) is 4.98 Å². The van der Waals surface area contributed by atoms with Crippen LogP contribution in [-0.2, 0) is 4.79 Å². The molecule has 24 heavy (non-hydrogen) atoms. The second-order valence-corrected chi connectivity index (χ2v) is 7.30. The van der Waals surface area contributed by atoms with E-state index in [1.807, 2.05) is 44.2 Å². The highest BCUT2D eigenvalue weighted by atomic mass is 32.2. The van der Waals surface area contributed by atoms with Crippen LogP contribution >= 0.6 is 11.8 Å². The maximum absolute atomic E-state index is 12.4. The lowest BCUT2D eigenvalue weighted by Gasteiger charge is -2.14. The zero-order valence-corrected chi connectivity index (χ0v) is 15.1. The molecule has 1 aromatic carbocycles. The number of aromatic nitrogens is 1. The first-order chi connectivity index (χ1) is 11.4. The van der Waals surface area contributed by atoms with E-state index in [-0.39, 0.29) is 17.1 Å². The van der Waals surface area contributed by atoms with Gasteiger partial charge < -0.3 is 5.32 Å². The van der Waals surface area contributed by atoms with Crippen molar-refractivity contribution < 1.29 is 4.79 Å². The predicted octanol–water partition coefficient (Wildman–Crippen LogP) is 4.50. The molecule has 1 amide bonds. The highest BCUT2D eigenvalue weighted by Gasteiger charge is 2.18. The Labute approximate surface area is 147 Å². The van der Waals surface area contributed by atoms with Crippen molar-refractivity contribution in [3.8, 4) is 6.07 Å². The first-order valence-corrected chi connectivity index (χ1v) is 8.74. The van der Waals surface area contributed by atoms with Crippen LogP contribution in [0.5, 0.6) is 0 Å². The molecule has 0 spiro atoms. The number of aryl methyl sites for hydroxylation is 1.